The largest absolute Gasteiger partial charge is 0.491 e. The molecule has 1 heterocycles. The van der Waals surface area contributed by atoms with Gasteiger partial charge in [-0.05, 0) is 31.0 Å². The number of esters is 1. The van der Waals surface area contributed by atoms with Crippen LogP contribution in [0.1, 0.15) is 30.1 Å². The van der Waals surface area contributed by atoms with Crippen LogP contribution in [0.25, 0.3) is 0 Å². The maximum atomic E-state index is 11.7. The molecule has 0 aromatic heterocycles. The molecule has 1 aromatic rings. The van der Waals surface area contributed by atoms with Crippen LogP contribution in [-0.4, -0.2) is 44.5 Å². The van der Waals surface area contributed by atoms with Crippen molar-refractivity contribution in [3.63, 3.8) is 0 Å². The van der Waals surface area contributed by atoms with Crippen LogP contribution in [0.5, 0.6) is 5.75 Å². The third kappa shape index (κ3) is 3.88. The summed E-state index contributed by atoms with van der Waals surface area (Å²) in [5.74, 6) is 0.870. The zero-order valence-electron chi connectivity index (χ0n) is 12.7. The van der Waals surface area contributed by atoms with Crippen molar-refractivity contribution in [1.29, 1.82) is 0 Å². The highest BCUT2D eigenvalue weighted by Crippen LogP contribution is 2.33. The Kier molecular flexibility index (Phi) is 5.44. The first kappa shape index (κ1) is 15.6. The molecule has 0 amide bonds. The Morgan fingerprint density at radius 2 is 2.29 bits per heavy atom. The van der Waals surface area contributed by atoms with E-state index in [9.17, 15) is 4.79 Å². The van der Waals surface area contributed by atoms with Crippen LogP contribution in [-0.2, 0) is 4.74 Å². The Morgan fingerprint density at radius 3 is 3.00 bits per heavy atom. The topological polar surface area (TPSA) is 59.0 Å². The molecule has 1 N–H and O–H groups in total. The summed E-state index contributed by atoms with van der Waals surface area (Å²) in [4.78, 5) is 13.9. The summed E-state index contributed by atoms with van der Waals surface area (Å²) in [6.07, 6.45) is 1.68. The van der Waals surface area contributed by atoms with Crippen LogP contribution >= 0.6 is 0 Å². The lowest BCUT2D eigenvalue weighted by Gasteiger charge is -2.25. The van der Waals surface area contributed by atoms with E-state index in [1.54, 1.807) is 6.07 Å². The van der Waals surface area contributed by atoms with E-state index in [0.29, 0.717) is 18.1 Å². The van der Waals surface area contributed by atoms with Gasteiger partial charge in [0.2, 0.25) is 0 Å². The summed E-state index contributed by atoms with van der Waals surface area (Å²) in [5, 5.41) is 8.94. The summed E-state index contributed by atoms with van der Waals surface area (Å²) in [6.45, 7) is 4.73. The Labute approximate surface area is 125 Å². The van der Waals surface area contributed by atoms with Crippen molar-refractivity contribution in [1.82, 2.24) is 0 Å². The van der Waals surface area contributed by atoms with Gasteiger partial charge in [0.05, 0.1) is 25.0 Å². The maximum Gasteiger partial charge on any atom is 0.337 e. The van der Waals surface area contributed by atoms with E-state index >= 15 is 0 Å². The van der Waals surface area contributed by atoms with E-state index in [2.05, 4.69) is 11.8 Å². The standard InChI is InChI=1S/C16H23NO4/c1-12-10-17(7-3-4-8-18)14-9-13(16(19)20-2)5-6-15(14)21-11-12/h5-6,9,12,18H,3-4,7-8,10-11H2,1-2H3. The first-order valence-electron chi connectivity index (χ1n) is 7.36. The molecule has 116 valence electrons. The van der Waals surface area contributed by atoms with Crippen molar-refractivity contribution in [3.05, 3.63) is 23.8 Å². The molecule has 0 radical (unpaired) electrons. The molecular weight excluding hydrogens is 270 g/mol. The normalized spacial score (nSPS) is 17.7. The molecule has 5 heteroatoms. The lowest BCUT2D eigenvalue weighted by molar-refractivity contribution is 0.0600. The Hall–Kier alpha value is -1.75. The second-order valence-electron chi connectivity index (χ2n) is 5.47. The van der Waals surface area contributed by atoms with Crippen molar-refractivity contribution < 1.29 is 19.4 Å². The molecule has 1 aliphatic heterocycles. The number of rotatable bonds is 5. The molecule has 0 fully saturated rings. The number of methoxy groups -OCH3 is 1. The fourth-order valence-electron chi connectivity index (χ4n) is 2.52. The average molecular weight is 293 g/mol. The molecule has 0 saturated carbocycles. The summed E-state index contributed by atoms with van der Waals surface area (Å²) < 4.78 is 10.6. The number of unbranched alkanes of at least 4 members (excludes halogenated alkanes) is 1. The third-order valence-electron chi connectivity index (χ3n) is 3.61. The van der Waals surface area contributed by atoms with Crippen molar-refractivity contribution >= 4 is 11.7 Å². The molecule has 5 nitrogen and oxygen atoms in total. The first-order valence-corrected chi connectivity index (χ1v) is 7.36. The van der Waals surface area contributed by atoms with Crippen LogP contribution < -0.4 is 9.64 Å². The number of carbonyl (C=O) groups is 1. The summed E-state index contributed by atoms with van der Waals surface area (Å²) >= 11 is 0. The fraction of sp³-hybridized carbons (Fsp3) is 0.562. The molecule has 1 aromatic carbocycles. The zero-order valence-corrected chi connectivity index (χ0v) is 12.7. The molecule has 0 saturated heterocycles. The molecule has 1 unspecified atom stereocenters. The molecule has 1 aliphatic rings. The quantitative estimate of drug-likeness (QED) is 0.665. The first-order chi connectivity index (χ1) is 10.2. The van der Waals surface area contributed by atoms with Crippen LogP contribution in [0.4, 0.5) is 5.69 Å². The molecule has 0 bridgehead atoms. The van der Waals surface area contributed by atoms with E-state index in [0.717, 1.165) is 37.4 Å². The fourth-order valence-corrected chi connectivity index (χ4v) is 2.52. The number of hydrogen-bond donors (Lipinski definition) is 1. The van der Waals surface area contributed by atoms with Crippen molar-refractivity contribution in [2.75, 3.05) is 38.3 Å². The van der Waals surface area contributed by atoms with Crippen molar-refractivity contribution in [3.8, 4) is 5.75 Å². The van der Waals surface area contributed by atoms with Gasteiger partial charge < -0.3 is 19.5 Å². The molecule has 0 spiro atoms. The smallest absolute Gasteiger partial charge is 0.337 e. The van der Waals surface area contributed by atoms with Gasteiger partial charge in [-0.1, -0.05) is 6.92 Å². The molecule has 21 heavy (non-hydrogen) atoms. The van der Waals surface area contributed by atoms with Crippen molar-refractivity contribution in [2.24, 2.45) is 5.92 Å². The van der Waals surface area contributed by atoms with E-state index in [1.165, 1.54) is 7.11 Å². The predicted octanol–water partition coefficient (Wildman–Crippen LogP) is 2.08. The van der Waals surface area contributed by atoms with Crippen molar-refractivity contribution in [2.45, 2.75) is 19.8 Å². The highest BCUT2D eigenvalue weighted by Gasteiger charge is 2.22. The number of anilines is 1. The van der Waals surface area contributed by atoms with Gasteiger partial charge in [0.15, 0.2) is 0 Å². The predicted molar refractivity (Wildman–Crippen MR) is 81.0 cm³/mol. The third-order valence-corrected chi connectivity index (χ3v) is 3.61. The van der Waals surface area contributed by atoms with Gasteiger partial charge in [-0.25, -0.2) is 4.79 Å². The van der Waals surface area contributed by atoms with Gasteiger partial charge in [0.25, 0.3) is 0 Å². The monoisotopic (exact) mass is 293 g/mol. The van der Waals surface area contributed by atoms with E-state index in [1.807, 2.05) is 12.1 Å². The number of aliphatic hydroxyl groups is 1. The molecule has 2 rings (SSSR count). The summed E-state index contributed by atoms with van der Waals surface area (Å²) in [7, 11) is 1.38. The number of benzene rings is 1. The van der Waals surface area contributed by atoms with Gasteiger partial charge >= 0.3 is 5.97 Å². The van der Waals surface area contributed by atoms with E-state index in [-0.39, 0.29) is 12.6 Å². The Bertz CT molecular complexity index is 489. The maximum absolute atomic E-state index is 11.7. The lowest BCUT2D eigenvalue weighted by Crippen LogP contribution is -2.29. The second-order valence-corrected chi connectivity index (χ2v) is 5.47. The van der Waals surface area contributed by atoms with Gasteiger partial charge in [0, 0.05) is 25.6 Å². The van der Waals surface area contributed by atoms with Gasteiger partial charge in [-0.2, -0.15) is 0 Å². The van der Waals surface area contributed by atoms with Crippen LogP contribution in [0.2, 0.25) is 0 Å². The number of nitrogens with zero attached hydrogens (tertiary/aromatic N) is 1. The molecular formula is C16H23NO4. The SMILES string of the molecule is COC(=O)c1ccc2c(c1)N(CCCCO)CC(C)CO2. The van der Waals surface area contributed by atoms with Gasteiger partial charge in [0.1, 0.15) is 5.75 Å². The average Bonchev–Trinajstić information content (AvgIpc) is 2.66. The zero-order chi connectivity index (χ0) is 15.2. The highest BCUT2D eigenvalue weighted by atomic mass is 16.5. The summed E-state index contributed by atoms with van der Waals surface area (Å²) in [6, 6.07) is 5.39. The Morgan fingerprint density at radius 1 is 1.48 bits per heavy atom. The van der Waals surface area contributed by atoms with Crippen LogP contribution in [0, 0.1) is 5.92 Å². The minimum Gasteiger partial charge on any atom is -0.491 e. The molecule has 0 aliphatic carbocycles. The van der Waals surface area contributed by atoms with E-state index < -0.39 is 0 Å². The molecule has 1 atom stereocenters. The summed E-state index contributed by atoms with van der Waals surface area (Å²) in [5.41, 5.74) is 1.46. The lowest BCUT2D eigenvalue weighted by atomic mass is 10.1. The number of fused-ring (bicyclic) bond motifs is 1. The van der Waals surface area contributed by atoms with Gasteiger partial charge in [-0.15, -0.1) is 0 Å². The number of hydrogen-bond acceptors (Lipinski definition) is 5. The number of aliphatic hydroxyl groups excluding tert-OH is 1. The minimum atomic E-state index is -0.342. The highest BCUT2D eigenvalue weighted by molar-refractivity contribution is 5.91. The Balaban J connectivity index is 2.26. The van der Waals surface area contributed by atoms with E-state index in [4.69, 9.17) is 14.6 Å². The number of ether oxygens (including phenoxy) is 2. The van der Waals surface area contributed by atoms with Crippen LogP contribution in [0.3, 0.4) is 0 Å². The second kappa shape index (κ2) is 7.31. The van der Waals surface area contributed by atoms with Gasteiger partial charge in [-0.3, -0.25) is 0 Å². The van der Waals surface area contributed by atoms with Crippen LogP contribution in [0.15, 0.2) is 18.2 Å². The minimum absolute atomic E-state index is 0.203. The number of carbonyl (C=O) groups excluding carboxylic acids is 1.